The van der Waals surface area contributed by atoms with Crippen LogP contribution < -0.4 is 0 Å². The van der Waals surface area contributed by atoms with E-state index in [1.807, 2.05) is 25.1 Å². The van der Waals surface area contributed by atoms with Gasteiger partial charge >= 0.3 is 5.97 Å². The van der Waals surface area contributed by atoms with Gasteiger partial charge in [0.25, 0.3) is 0 Å². The first kappa shape index (κ1) is 19.2. The van der Waals surface area contributed by atoms with Gasteiger partial charge in [-0.05, 0) is 73.5 Å². The molecule has 0 amide bonds. The summed E-state index contributed by atoms with van der Waals surface area (Å²) in [5, 5.41) is 10.4. The van der Waals surface area contributed by atoms with Crippen LogP contribution in [-0.4, -0.2) is 23.8 Å². The third kappa shape index (κ3) is 3.73. The van der Waals surface area contributed by atoms with Gasteiger partial charge in [-0.25, -0.2) is 4.79 Å². The summed E-state index contributed by atoms with van der Waals surface area (Å²) >= 11 is 0. The third-order valence-corrected chi connectivity index (χ3v) is 6.79. The zero-order chi connectivity index (χ0) is 18.7. The van der Waals surface area contributed by atoms with Crippen LogP contribution in [0.15, 0.2) is 30.3 Å². The van der Waals surface area contributed by atoms with Crippen molar-refractivity contribution in [2.75, 3.05) is 6.61 Å². The lowest BCUT2D eigenvalue weighted by Gasteiger charge is -2.44. The molecule has 1 aromatic carbocycles. The molecule has 0 saturated heterocycles. The molecule has 3 heteroatoms. The molecule has 2 saturated carbocycles. The number of rotatable bonds is 5. The number of carbonyl (C=O) groups excluding carboxylic acids is 1. The largest absolute Gasteiger partial charge is 0.462 e. The lowest BCUT2D eigenvalue weighted by Crippen LogP contribution is -2.41. The zero-order valence-electron chi connectivity index (χ0n) is 16.3. The van der Waals surface area contributed by atoms with Crippen molar-refractivity contribution in [1.29, 1.82) is 0 Å². The summed E-state index contributed by atoms with van der Waals surface area (Å²) in [7, 11) is 0. The molecule has 0 aliphatic heterocycles. The van der Waals surface area contributed by atoms with Crippen LogP contribution in [0, 0.1) is 23.2 Å². The maximum Gasteiger partial charge on any atom is 0.338 e. The highest BCUT2D eigenvalue weighted by molar-refractivity contribution is 5.90. The normalized spacial score (nSPS) is 32.4. The lowest BCUT2D eigenvalue weighted by atomic mass is 9.62. The first-order valence-corrected chi connectivity index (χ1v) is 10.1. The Labute approximate surface area is 157 Å². The number of aliphatic hydroxyl groups is 1. The van der Waals surface area contributed by atoms with Gasteiger partial charge < -0.3 is 9.84 Å². The van der Waals surface area contributed by atoms with Gasteiger partial charge in [0.1, 0.15) is 0 Å². The second kappa shape index (κ2) is 7.96. The molecule has 0 unspecified atom stereocenters. The van der Waals surface area contributed by atoms with Crippen LogP contribution in [0.1, 0.15) is 68.8 Å². The monoisotopic (exact) mass is 356 g/mol. The van der Waals surface area contributed by atoms with Gasteiger partial charge in [0.05, 0.1) is 18.3 Å². The van der Waals surface area contributed by atoms with Gasteiger partial charge in [-0.3, -0.25) is 0 Å². The molecule has 26 heavy (non-hydrogen) atoms. The summed E-state index contributed by atoms with van der Waals surface area (Å²) in [6.07, 6.45) is 9.99. The number of benzene rings is 1. The Kier molecular flexibility index (Phi) is 5.86. The Morgan fingerprint density at radius 1 is 1.38 bits per heavy atom. The zero-order valence-corrected chi connectivity index (χ0v) is 16.3. The maximum absolute atomic E-state index is 11.9. The highest BCUT2D eigenvalue weighted by Gasteiger charge is 2.51. The number of carbonyl (C=O) groups is 1. The Balaban J connectivity index is 1.71. The number of allylic oxidation sites excluding steroid dienone is 1. The molecule has 2 aliphatic rings. The molecule has 1 N–H and O–H groups in total. The molecule has 3 nitrogen and oxygen atoms in total. The van der Waals surface area contributed by atoms with Gasteiger partial charge in [0.2, 0.25) is 0 Å². The molecule has 0 bridgehead atoms. The van der Waals surface area contributed by atoms with Gasteiger partial charge in [-0.15, -0.1) is 0 Å². The van der Waals surface area contributed by atoms with E-state index in [2.05, 4.69) is 26.0 Å². The fourth-order valence-electron chi connectivity index (χ4n) is 5.43. The molecule has 0 spiro atoms. The second-order valence-corrected chi connectivity index (χ2v) is 8.32. The molecular formula is C23H32O3. The highest BCUT2D eigenvalue weighted by Crippen LogP contribution is 2.57. The SMILES string of the molecule is CCOC(=O)c1cccc(/C=C/[C@@H](C)[C@H]2CC[C@H]3[C@@H](O)CCC[C@]23C)c1. The van der Waals surface area contributed by atoms with Crippen molar-refractivity contribution in [3.8, 4) is 0 Å². The van der Waals surface area contributed by atoms with E-state index < -0.39 is 0 Å². The van der Waals surface area contributed by atoms with E-state index in [-0.39, 0.29) is 17.5 Å². The Morgan fingerprint density at radius 2 is 2.19 bits per heavy atom. The quantitative estimate of drug-likeness (QED) is 0.748. The molecule has 0 aromatic heterocycles. The van der Waals surface area contributed by atoms with Gasteiger partial charge in [-0.1, -0.05) is 44.6 Å². The minimum Gasteiger partial charge on any atom is -0.462 e. The average molecular weight is 357 g/mol. The average Bonchev–Trinajstić information content (AvgIpc) is 2.98. The van der Waals surface area contributed by atoms with Crippen molar-refractivity contribution in [2.45, 2.75) is 59.0 Å². The summed E-state index contributed by atoms with van der Waals surface area (Å²) in [5.74, 6) is 1.27. The summed E-state index contributed by atoms with van der Waals surface area (Å²) < 4.78 is 5.09. The van der Waals surface area contributed by atoms with Crippen LogP contribution in [0.25, 0.3) is 6.08 Å². The fraction of sp³-hybridized carbons (Fsp3) is 0.609. The fourth-order valence-corrected chi connectivity index (χ4v) is 5.43. The van der Waals surface area contributed by atoms with E-state index in [0.717, 1.165) is 24.8 Å². The topological polar surface area (TPSA) is 46.5 Å². The lowest BCUT2D eigenvalue weighted by molar-refractivity contribution is -0.0230. The van der Waals surface area contributed by atoms with Gasteiger partial charge in [0.15, 0.2) is 0 Å². The highest BCUT2D eigenvalue weighted by atomic mass is 16.5. The minimum atomic E-state index is -0.266. The summed E-state index contributed by atoms with van der Waals surface area (Å²) in [6.45, 7) is 6.90. The summed E-state index contributed by atoms with van der Waals surface area (Å²) in [4.78, 5) is 11.9. The molecule has 2 aliphatic carbocycles. The number of hydrogen-bond acceptors (Lipinski definition) is 3. The van der Waals surface area contributed by atoms with E-state index in [1.54, 1.807) is 6.07 Å². The predicted octanol–water partition coefficient (Wildman–Crippen LogP) is 5.09. The first-order chi connectivity index (χ1) is 12.5. The van der Waals surface area contributed by atoms with E-state index in [0.29, 0.717) is 29.9 Å². The van der Waals surface area contributed by atoms with Crippen LogP contribution in [0.5, 0.6) is 0 Å². The van der Waals surface area contributed by atoms with Crippen molar-refractivity contribution in [1.82, 2.24) is 0 Å². The van der Waals surface area contributed by atoms with Crippen molar-refractivity contribution in [3.63, 3.8) is 0 Å². The molecule has 0 heterocycles. The molecule has 2 fully saturated rings. The Bertz CT molecular complexity index is 665. The Morgan fingerprint density at radius 3 is 2.96 bits per heavy atom. The van der Waals surface area contributed by atoms with Crippen molar-refractivity contribution >= 4 is 12.0 Å². The number of fused-ring (bicyclic) bond motifs is 1. The van der Waals surface area contributed by atoms with Crippen molar-refractivity contribution in [3.05, 3.63) is 41.5 Å². The summed E-state index contributed by atoms with van der Waals surface area (Å²) in [5.41, 5.74) is 1.89. The predicted molar refractivity (Wildman–Crippen MR) is 105 cm³/mol. The van der Waals surface area contributed by atoms with Crippen LogP contribution in [0.2, 0.25) is 0 Å². The van der Waals surface area contributed by atoms with Gasteiger partial charge in [-0.2, -0.15) is 0 Å². The smallest absolute Gasteiger partial charge is 0.338 e. The maximum atomic E-state index is 11.9. The molecule has 3 rings (SSSR count). The van der Waals surface area contributed by atoms with E-state index in [9.17, 15) is 9.90 Å². The standard InChI is InChI=1S/C23H32O3/c1-4-26-22(25)18-8-5-7-17(15-18)11-10-16(2)19-12-13-20-21(24)9-6-14-23(19,20)3/h5,7-8,10-11,15-16,19-21,24H,4,6,9,12-14H2,1-3H3/b11-10+/t16-,19-,20+,21+,23-/m1/s1. The van der Waals surface area contributed by atoms with Crippen LogP contribution in [0.4, 0.5) is 0 Å². The first-order valence-electron chi connectivity index (χ1n) is 10.1. The number of ether oxygens (including phenoxy) is 1. The van der Waals surface area contributed by atoms with Crippen molar-refractivity contribution in [2.24, 2.45) is 23.2 Å². The number of esters is 1. The van der Waals surface area contributed by atoms with E-state index in [1.165, 1.54) is 12.8 Å². The second-order valence-electron chi connectivity index (χ2n) is 8.32. The molecule has 5 atom stereocenters. The van der Waals surface area contributed by atoms with E-state index >= 15 is 0 Å². The van der Waals surface area contributed by atoms with Crippen LogP contribution in [0.3, 0.4) is 0 Å². The van der Waals surface area contributed by atoms with Gasteiger partial charge in [0, 0.05) is 0 Å². The van der Waals surface area contributed by atoms with E-state index in [4.69, 9.17) is 4.74 Å². The van der Waals surface area contributed by atoms with Crippen LogP contribution in [-0.2, 0) is 4.74 Å². The number of hydrogen-bond donors (Lipinski definition) is 1. The third-order valence-electron chi connectivity index (χ3n) is 6.79. The summed E-state index contributed by atoms with van der Waals surface area (Å²) in [6, 6.07) is 7.62. The van der Waals surface area contributed by atoms with Crippen molar-refractivity contribution < 1.29 is 14.6 Å². The molecular weight excluding hydrogens is 324 g/mol. The minimum absolute atomic E-state index is 0.115. The Hall–Kier alpha value is -1.61. The molecule has 142 valence electrons. The molecule has 0 radical (unpaired) electrons. The number of aliphatic hydroxyl groups excluding tert-OH is 1. The van der Waals surface area contributed by atoms with Crippen LogP contribution >= 0.6 is 0 Å². The molecule has 1 aromatic rings.